The van der Waals surface area contributed by atoms with Crippen molar-refractivity contribution in [3.8, 4) is 28.4 Å². The van der Waals surface area contributed by atoms with Gasteiger partial charge in [-0.05, 0) is 105 Å². The van der Waals surface area contributed by atoms with Gasteiger partial charge in [0, 0.05) is 11.1 Å². The Bertz CT molecular complexity index is 1340. The standard InChI is InChI=1S/C35H40F4O3/c1-3-5-22-6-10-26-19-24(7-11-25(26)18-22)21-41-27-12-8-23(9-13-27)20-42-31-17-15-29(33(37)35(31)39)28-14-16-30(40-4-2)34(38)32(28)36/h8-9,12-17,22,24-26H,3-7,10-11,18-21H2,1-2H3. The Kier molecular flexibility index (Phi) is 9.96. The van der Waals surface area contributed by atoms with Crippen LogP contribution < -0.4 is 14.2 Å². The van der Waals surface area contributed by atoms with E-state index >= 15 is 0 Å². The van der Waals surface area contributed by atoms with Crippen molar-refractivity contribution in [2.24, 2.45) is 23.7 Å². The highest BCUT2D eigenvalue weighted by Gasteiger charge is 2.35. The second-order valence-electron chi connectivity index (χ2n) is 11.8. The Morgan fingerprint density at radius 1 is 0.619 bits per heavy atom. The fourth-order valence-electron chi connectivity index (χ4n) is 6.82. The number of fused-ring (bicyclic) bond motifs is 1. The molecule has 226 valence electrons. The first-order valence-electron chi connectivity index (χ1n) is 15.3. The SMILES string of the molecule is CCCC1CCC2CC(COc3ccc(COc4ccc(-c5ccc(OCC)c(F)c5F)c(F)c4F)cc3)CCC2C1. The van der Waals surface area contributed by atoms with Crippen LogP contribution in [-0.2, 0) is 6.61 Å². The molecular weight excluding hydrogens is 544 g/mol. The first-order valence-corrected chi connectivity index (χ1v) is 15.3. The van der Waals surface area contributed by atoms with Gasteiger partial charge in [0.2, 0.25) is 11.6 Å². The van der Waals surface area contributed by atoms with E-state index in [1.54, 1.807) is 6.92 Å². The molecule has 4 unspecified atom stereocenters. The molecule has 42 heavy (non-hydrogen) atoms. The lowest BCUT2D eigenvalue weighted by molar-refractivity contribution is 0.0749. The van der Waals surface area contributed by atoms with Crippen molar-refractivity contribution < 1.29 is 31.8 Å². The summed E-state index contributed by atoms with van der Waals surface area (Å²) in [5, 5.41) is 0. The van der Waals surface area contributed by atoms with E-state index in [1.165, 1.54) is 69.6 Å². The van der Waals surface area contributed by atoms with Gasteiger partial charge in [0.05, 0.1) is 13.2 Å². The minimum atomic E-state index is -1.32. The Hall–Kier alpha value is -3.22. The van der Waals surface area contributed by atoms with E-state index in [0.717, 1.165) is 35.1 Å². The molecular formula is C35H40F4O3. The third kappa shape index (κ3) is 6.87. The lowest BCUT2D eigenvalue weighted by Crippen LogP contribution is -2.32. The number of hydrogen-bond acceptors (Lipinski definition) is 3. The summed E-state index contributed by atoms with van der Waals surface area (Å²) in [5.41, 5.74) is -0.0458. The Morgan fingerprint density at radius 2 is 1.19 bits per heavy atom. The summed E-state index contributed by atoms with van der Waals surface area (Å²) < 4.78 is 75.2. The normalized spacial score (nSPS) is 22.0. The summed E-state index contributed by atoms with van der Waals surface area (Å²) in [6, 6.07) is 12.1. The number of rotatable bonds is 11. The van der Waals surface area contributed by atoms with Crippen molar-refractivity contribution in [1.29, 1.82) is 0 Å². The topological polar surface area (TPSA) is 27.7 Å². The molecule has 0 spiro atoms. The molecule has 5 rings (SSSR count). The molecule has 2 aliphatic rings. The molecule has 0 aromatic heterocycles. The minimum Gasteiger partial charge on any atom is -0.493 e. The van der Waals surface area contributed by atoms with Crippen LogP contribution >= 0.6 is 0 Å². The van der Waals surface area contributed by atoms with Crippen LogP contribution in [0.3, 0.4) is 0 Å². The van der Waals surface area contributed by atoms with Crippen LogP contribution in [0.15, 0.2) is 48.5 Å². The highest BCUT2D eigenvalue weighted by atomic mass is 19.2. The smallest absolute Gasteiger partial charge is 0.201 e. The molecule has 0 amide bonds. The van der Waals surface area contributed by atoms with Gasteiger partial charge in [-0.1, -0.05) is 38.3 Å². The van der Waals surface area contributed by atoms with Crippen molar-refractivity contribution in [2.45, 2.75) is 71.8 Å². The monoisotopic (exact) mass is 584 g/mol. The van der Waals surface area contributed by atoms with Gasteiger partial charge in [-0.25, -0.2) is 8.78 Å². The highest BCUT2D eigenvalue weighted by Crippen LogP contribution is 2.45. The molecule has 4 atom stereocenters. The summed E-state index contributed by atoms with van der Waals surface area (Å²) in [6.45, 7) is 4.78. The first kappa shape index (κ1) is 30.2. The summed E-state index contributed by atoms with van der Waals surface area (Å²) in [6.07, 6.45) is 10.6. The Balaban J connectivity index is 1.13. The molecule has 0 radical (unpaired) electrons. The number of benzene rings is 3. The van der Waals surface area contributed by atoms with Crippen molar-refractivity contribution in [1.82, 2.24) is 0 Å². The predicted molar refractivity (Wildman–Crippen MR) is 156 cm³/mol. The van der Waals surface area contributed by atoms with E-state index in [4.69, 9.17) is 14.2 Å². The summed E-state index contributed by atoms with van der Waals surface area (Å²) in [5.74, 6) is -1.71. The number of ether oxygens (including phenoxy) is 3. The molecule has 0 saturated heterocycles. The maximum Gasteiger partial charge on any atom is 0.201 e. The van der Waals surface area contributed by atoms with Crippen LogP contribution in [0.25, 0.3) is 11.1 Å². The van der Waals surface area contributed by atoms with Gasteiger partial charge in [-0.3, -0.25) is 0 Å². The van der Waals surface area contributed by atoms with E-state index in [2.05, 4.69) is 6.92 Å². The van der Waals surface area contributed by atoms with E-state index in [1.807, 2.05) is 24.3 Å². The molecule has 3 nitrogen and oxygen atoms in total. The highest BCUT2D eigenvalue weighted by molar-refractivity contribution is 5.67. The van der Waals surface area contributed by atoms with Gasteiger partial charge in [0.25, 0.3) is 0 Å². The van der Waals surface area contributed by atoms with Gasteiger partial charge in [0.1, 0.15) is 12.4 Å². The molecule has 2 saturated carbocycles. The van der Waals surface area contributed by atoms with Crippen molar-refractivity contribution >= 4 is 0 Å². The fourth-order valence-corrected chi connectivity index (χ4v) is 6.82. The van der Waals surface area contributed by atoms with Crippen LogP contribution in [0.1, 0.15) is 70.8 Å². The molecule has 0 N–H and O–H groups in total. The van der Waals surface area contributed by atoms with Gasteiger partial charge >= 0.3 is 0 Å². The van der Waals surface area contributed by atoms with Crippen LogP contribution in [0, 0.1) is 46.9 Å². The average molecular weight is 585 g/mol. The molecule has 3 aromatic carbocycles. The lowest BCUT2D eigenvalue weighted by Gasteiger charge is -2.42. The molecule has 0 bridgehead atoms. The van der Waals surface area contributed by atoms with Gasteiger partial charge in [0.15, 0.2) is 23.1 Å². The van der Waals surface area contributed by atoms with Gasteiger partial charge in [-0.15, -0.1) is 0 Å². The van der Waals surface area contributed by atoms with Gasteiger partial charge in [-0.2, -0.15) is 8.78 Å². The van der Waals surface area contributed by atoms with Crippen LogP contribution in [-0.4, -0.2) is 13.2 Å². The van der Waals surface area contributed by atoms with E-state index < -0.39 is 34.4 Å². The molecule has 2 aliphatic carbocycles. The zero-order chi connectivity index (χ0) is 29.6. The molecule has 0 heterocycles. The van der Waals surface area contributed by atoms with Crippen LogP contribution in [0.5, 0.6) is 17.2 Å². The van der Waals surface area contributed by atoms with Crippen LogP contribution in [0.2, 0.25) is 0 Å². The molecule has 7 heteroatoms. The summed E-state index contributed by atoms with van der Waals surface area (Å²) in [7, 11) is 0. The largest absolute Gasteiger partial charge is 0.493 e. The molecule has 0 aliphatic heterocycles. The minimum absolute atomic E-state index is 0.00669. The lowest BCUT2D eigenvalue weighted by atomic mass is 9.64. The predicted octanol–water partition coefficient (Wildman–Crippen LogP) is 9.90. The van der Waals surface area contributed by atoms with Gasteiger partial charge < -0.3 is 14.2 Å². The Morgan fingerprint density at radius 3 is 1.79 bits per heavy atom. The fraction of sp³-hybridized carbons (Fsp3) is 0.486. The van der Waals surface area contributed by atoms with E-state index in [-0.39, 0.29) is 24.7 Å². The van der Waals surface area contributed by atoms with Crippen molar-refractivity contribution in [3.05, 3.63) is 77.4 Å². The van der Waals surface area contributed by atoms with E-state index in [9.17, 15) is 17.6 Å². The maximum atomic E-state index is 14.9. The zero-order valence-corrected chi connectivity index (χ0v) is 24.4. The second-order valence-corrected chi connectivity index (χ2v) is 11.8. The third-order valence-electron chi connectivity index (χ3n) is 9.01. The summed E-state index contributed by atoms with van der Waals surface area (Å²) >= 11 is 0. The molecule has 3 aromatic rings. The first-order chi connectivity index (χ1) is 20.4. The number of hydrogen-bond donors (Lipinski definition) is 0. The van der Waals surface area contributed by atoms with Crippen molar-refractivity contribution in [2.75, 3.05) is 13.2 Å². The Labute approximate surface area is 246 Å². The second kappa shape index (κ2) is 13.8. The quantitative estimate of drug-likeness (QED) is 0.210. The third-order valence-corrected chi connectivity index (χ3v) is 9.01. The average Bonchev–Trinajstić information content (AvgIpc) is 3.00. The molecule has 2 fully saturated rings. The summed E-state index contributed by atoms with van der Waals surface area (Å²) in [4.78, 5) is 0. The zero-order valence-electron chi connectivity index (χ0n) is 24.4. The van der Waals surface area contributed by atoms with Crippen LogP contribution in [0.4, 0.5) is 17.6 Å². The van der Waals surface area contributed by atoms with E-state index in [0.29, 0.717) is 12.5 Å². The number of halogens is 4. The maximum absolute atomic E-state index is 14.9. The van der Waals surface area contributed by atoms with Crippen molar-refractivity contribution in [3.63, 3.8) is 0 Å².